The van der Waals surface area contributed by atoms with E-state index >= 15 is 0 Å². The van der Waals surface area contributed by atoms with Crippen LogP contribution < -0.4 is 10.5 Å². The zero-order valence-electron chi connectivity index (χ0n) is 10.7. The van der Waals surface area contributed by atoms with Crippen LogP contribution in [0.4, 0.5) is 0 Å². The molecule has 2 N–H and O–H groups in total. The van der Waals surface area contributed by atoms with Crippen molar-refractivity contribution in [1.82, 2.24) is 0 Å². The first-order valence-electron chi connectivity index (χ1n) is 6.03. The molecule has 0 aliphatic rings. The number of rotatable bonds is 5. The van der Waals surface area contributed by atoms with Crippen molar-refractivity contribution < 1.29 is 4.74 Å². The summed E-state index contributed by atoms with van der Waals surface area (Å²) in [6, 6.07) is 14.4. The van der Waals surface area contributed by atoms with Crippen LogP contribution in [0.25, 0.3) is 0 Å². The molecule has 0 unspecified atom stereocenters. The van der Waals surface area contributed by atoms with Gasteiger partial charge >= 0.3 is 0 Å². The number of nitrogens with two attached hydrogens (primary N) is 1. The Morgan fingerprint density at radius 3 is 2.63 bits per heavy atom. The van der Waals surface area contributed by atoms with Crippen LogP contribution in [-0.4, -0.2) is 13.7 Å². The minimum absolute atomic E-state index is 0.668. The summed E-state index contributed by atoms with van der Waals surface area (Å²) >= 11 is 5.31. The Balaban J connectivity index is 2.16. The van der Waals surface area contributed by atoms with Gasteiger partial charge in [-0.3, -0.25) is 0 Å². The number of benzene rings is 2. The summed E-state index contributed by atoms with van der Waals surface area (Å²) in [6.07, 6.45) is 0.894. The summed E-state index contributed by atoms with van der Waals surface area (Å²) in [5.41, 5.74) is 6.83. The molecule has 0 aliphatic carbocycles. The molecule has 0 fully saturated rings. The van der Waals surface area contributed by atoms with Crippen LogP contribution in [0, 0.1) is 0 Å². The topological polar surface area (TPSA) is 35.2 Å². The molecule has 0 amide bonds. The molecule has 0 aliphatic heterocycles. The van der Waals surface area contributed by atoms with Gasteiger partial charge in [-0.05, 0) is 48.9 Å². The molecule has 19 heavy (non-hydrogen) atoms. The van der Waals surface area contributed by atoms with Crippen molar-refractivity contribution >= 4 is 27.7 Å². The van der Waals surface area contributed by atoms with Crippen LogP contribution in [-0.2, 0) is 6.42 Å². The first-order chi connectivity index (χ1) is 9.22. The van der Waals surface area contributed by atoms with E-state index < -0.39 is 0 Å². The van der Waals surface area contributed by atoms with Crippen LogP contribution in [0.5, 0.6) is 5.75 Å². The molecule has 2 rings (SSSR count). The van der Waals surface area contributed by atoms with Crippen LogP contribution in [0.3, 0.4) is 0 Å². The van der Waals surface area contributed by atoms with Crippen molar-refractivity contribution in [2.75, 3.05) is 13.7 Å². The largest absolute Gasteiger partial charge is 0.497 e. The van der Waals surface area contributed by atoms with Gasteiger partial charge in [-0.1, -0.05) is 39.8 Å². The molecule has 0 atom stereocenters. The molecule has 0 saturated heterocycles. The van der Waals surface area contributed by atoms with E-state index in [2.05, 4.69) is 40.2 Å². The highest BCUT2D eigenvalue weighted by atomic mass is 79.9. The number of hydrogen-bond donors (Lipinski definition) is 1. The highest BCUT2D eigenvalue weighted by molar-refractivity contribution is 9.10. The maximum atomic E-state index is 5.58. The fourth-order valence-corrected chi connectivity index (χ4v) is 3.39. The van der Waals surface area contributed by atoms with Crippen molar-refractivity contribution in [3.8, 4) is 5.75 Å². The Kier molecular flexibility index (Phi) is 5.31. The minimum Gasteiger partial charge on any atom is -0.497 e. The van der Waals surface area contributed by atoms with Crippen LogP contribution in [0.15, 0.2) is 56.7 Å². The quantitative estimate of drug-likeness (QED) is 0.891. The van der Waals surface area contributed by atoms with Gasteiger partial charge in [-0.2, -0.15) is 0 Å². The first kappa shape index (κ1) is 14.4. The first-order valence-corrected chi connectivity index (χ1v) is 7.64. The van der Waals surface area contributed by atoms with Gasteiger partial charge in [0, 0.05) is 14.3 Å². The van der Waals surface area contributed by atoms with E-state index in [1.807, 2.05) is 18.2 Å². The minimum atomic E-state index is 0.668. The summed E-state index contributed by atoms with van der Waals surface area (Å²) in [5.74, 6) is 0.879. The molecular formula is C15H16BrNOS. The third-order valence-corrected chi connectivity index (χ3v) is 4.43. The van der Waals surface area contributed by atoms with E-state index in [1.54, 1.807) is 18.9 Å². The Morgan fingerprint density at radius 2 is 1.95 bits per heavy atom. The summed E-state index contributed by atoms with van der Waals surface area (Å²) in [5, 5.41) is 0. The van der Waals surface area contributed by atoms with Crippen molar-refractivity contribution in [1.29, 1.82) is 0 Å². The summed E-state index contributed by atoms with van der Waals surface area (Å²) < 4.78 is 6.35. The molecule has 0 bridgehead atoms. The van der Waals surface area contributed by atoms with Crippen molar-refractivity contribution in [2.24, 2.45) is 5.73 Å². The average molecular weight is 338 g/mol. The zero-order chi connectivity index (χ0) is 13.7. The average Bonchev–Trinajstić information content (AvgIpc) is 2.42. The summed E-state index contributed by atoms with van der Waals surface area (Å²) in [7, 11) is 1.68. The number of hydrogen-bond acceptors (Lipinski definition) is 3. The summed E-state index contributed by atoms with van der Waals surface area (Å²) in [4.78, 5) is 2.36. The molecule has 0 aromatic heterocycles. The molecule has 0 heterocycles. The lowest BCUT2D eigenvalue weighted by Crippen LogP contribution is -2.03. The fourth-order valence-electron chi connectivity index (χ4n) is 1.75. The highest BCUT2D eigenvalue weighted by Gasteiger charge is 2.03. The predicted octanol–water partition coefficient (Wildman–Crippen LogP) is 4.11. The Bertz CT molecular complexity index is 560. The second-order valence-electron chi connectivity index (χ2n) is 4.07. The van der Waals surface area contributed by atoms with Crippen LogP contribution in [0.2, 0.25) is 0 Å². The molecule has 2 nitrogen and oxygen atoms in total. The molecule has 0 saturated carbocycles. The van der Waals surface area contributed by atoms with E-state index in [-0.39, 0.29) is 0 Å². The lowest BCUT2D eigenvalue weighted by molar-refractivity contribution is 0.413. The van der Waals surface area contributed by atoms with Gasteiger partial charge in [0.2, 0.25) is 0 Å². The monoisotopic (exact) mass is 337 g/mol. The smallest absolute Gasteiger partial charge is 0.119 e. The predicted molar refractivity (Wildman–Crippen MR) is 84.0 cm³/mol. The lowest BCUT2D eigenvalue weighted by Gasteiger charge is -2.07. The van der Waals surface area contributed by atoms with E-state index in [1.165, 1.54) is 10.5 Å². The maximum Gasteiger partial charge on any atom is 0.119 e. The molecule has 100 valence electrons. The third kappa shape index (κ3) is 4.00. The Labute approximate surface area is 126 Å². The maximum absolute atomic E-state index is 5.58. The SMILES string of the molecule is COc1cccc(Sc2ccc(CCN)c(Br)c2)c1. The van der Waals surface area contributed by atoms with Gasteiger partial charge in [-0.25, -0.2) is 0 Å². The second kappa shape index (κ2) is 6.98. The van der Waals surface area contributed by atoms with Gasteiger partial charge in [0.05, 0.1) is 7.11 Å². The van der Waals surface area contributed by atoms with Gasteiger partial charge < -0.3 is 10.5 Å². The number of halogens is 1. The molecule has 0 radical (unpaired) electrons. The highest BCUT2D eigenvalue weighted by Crippen LogP contribution is 2.32. The van der Waals surface area contributed by atoms with Gasteiger partial charge in [0.1, 0.15) is 5.75 Å². The molecule has 4 heteroatoms. The molecule has 0 spiro atoms. The van der Waals surface area contributed by atoms with Crippen molar-refractivity contribution in [3.05, 3.63) is 52.5 Å². The standard InChI is InChI=1S/C15H16BrNOS/c1-18-12-3-2-4-13(9-12)19-14-6-5-11(7-8-17)15(16)10-14/h2-6,9-10H,7-8,17H2,1H3. The van der Waals surface area contributed by atoms with E-state index in [9.17, 15) is 0 Å². The second-order valence-corrected chi connectivity index (χ2v) is 6.07. The molecule has 2 aromatic rings. The van der Waals surface area contributed by atoms with E-state index in [0.717, 1.165) is 21.5 Å². The number of methoxy groups -OCH3 is 1. The third-order valence-electron chi connectivity index (χ3n) is 2.72. The molecule has 2 aromatic carbocycles. The van der Waals surface area contributed by atoms with Crippen molar-refractivity contribution in [3.63, 3.8) is 0 Å². The van der Waals surface area contributed by atoms with Gasteiger partial charge in [0.25, 0.3) is 0 Å². The van der Waals surface area contributed by atoms with Crippen molar-refractivity contribution in [2.45, 2.75) is 16.2 Å². The lowest BCUT2D eigenvalue weighted by atomic mass is 10.1. The summed E-state index contributed by atoms with van der Waals surface area (Å²) in [6.45, 7) is 0.668. The van der Waals surface area contributed by atoms with Crippen LogP contribution >= 0.6 is 27.7 Å². The van der Waals surface area contributed by atoms with Gasteiger partial charge in [0.15, 0.2) is 0 Å². The van der Waals surface area contributed by atoms with E-state index in [0.29, 0.717) is 6.54 Å². The molecular weight excluding hydrogens is 322 g/mol. The van der Waals surface area contributed by atoms with E-state index in [4.69, 9.17) is 10.5 Å². The Hall–Kier alpha value is -0.970. The number of ether oxygens (including phenoxy) is 1. The fraction of sp³-hybridized carbons (Fsp3) is 0.200. The zero-order valence-corrected chi connectivity index (χ0v) is 13.1. The van der Waals surface area contributed by atoms with Gasteiger partial charge in [-0.15, -0.1) is 0 Å². The Morgan fingerprint density at radius 1 is 1.16 bits per heavy atom. The van der Waals surface area contributed by atoms with Crippen LogP contribution in [0.1, 0.15) is 5.56 Å². The normalized spacial score (nSPS) is 10.5.